The van der Waals surface area contributed by atoms with Gasteiger partial charge in [0, 0.05) is 0 Å². The van der Waals surface area contributed by atoms with Crippen LogP contribution >= 0.6 is 34.8 Å². The number of nitrogens with two attached hydrogens (primary N) is 1. The number of nitrogens with zero attached hydrogens (tertiary/aromatic N) is 1. The van der Waals surface area contributed by atoms with Crippen LogP contribution in [-0.4, -0.2) is 42.2 Å². The van der Waals surface area contributed by atoms with E-state index in [9.17, 15) is 14.4 Å². The van der Waals surface area contributed by atoms with Crippen molar-refractivity contribution in [3.8, 4) is 0 Å². The minimum Gasteiger partial charge on any atom is -0.463 e. The first-order valence-corrected chi connectivity index (χ1v) is 8.75. The first-order chi connectivity index (χ1) is 12.7. The summed E-state index contributed by atoms with van der Waals surface area (Å²) in [6.07, 6.45) is 0. The molecular formula is C15H15Cl3N4O5. The van der Waals surface area contributed by atoms with E-state index in [0.29, 0.717) is 0 Å². The lowest BCUT2D eigenvalue weighted by atomic mass is 10.0. The van der Waals surface area contributed by atoms with Crippen molar-refractivity contribution in [3.05, 3.63) is 32.2 Å². The zero-order valence-corrected chi connectivity index (χ0v) is 16.5. The molecular weight excluding hydrogens is 423 g/mol. The molecule has 1 aromatic rings. The molecule has 27 heavy (non-hydrogen) atoms. The summed E-state index contributed by atoms with van der Waals surface area (Å²) in [7, 11) is 0. The Labute approximate surface area is 169 Å². The van der Waals surface area contributed by atoms with E-state index in [-0.39, 0.29) is 44.5 Å². The lowest BCUT2D eigenvalue weighted by Gasteiger charge is -2.26. The summed E-state index contributed by atoms with van der Waals surface area (Å²) in [6.45, 7) is 2.92. The summed E-state index contributed by atoms with van der Waals surface area (Å²) in [5.41, 5.74) is 5.38. The van der Waals surface area contributed by atoms with Crippen molar-refractivity contribution >= 4 is 58.5 Å². The predicted molar refractivity (Wildman–Crippen MR) is 98.8 cm³/mol. The monoisotopic (exact) mass is 436 g/mol. The van der Waals surface area contributed by atoms with E-state index < -0.39 is 30.6 Å². The maximum atomic E-state index is 12.3. The highest BCUT2D eigenvalue weighted by Crippen LogP contribution is 2.34. The molecule has 146 valence electrons. The van der Waals surface area contributed by atoms with Gasteiger partial charge in [-0.05, 0) is 13.8 Å². The third-order valence-corrected chi connectivity index (χ3v) is 4.61. The molecule has 2 amide bonds. The molecule has 12 heteroatoms. The first-order valence-electron chi connectivity index (χ1n) is 7.62. The van der Waals surface area contributed by atoms with Crippen LogP contribution in [0.1, 0.15) is 24.3 Å². The van der Waals surface area contributed by atoms with Gasteiger partial charge in [-0.3, -0.25) is 0 Å². The Balaban J connectivity index is 2.27. The number of hydrogen-bond acceptors (Lipinski definition) is 7. The Morgan fingerprint density at radius 1 is 1.19 bits per heavy atom. The summed E-state index contributed by atoms with van der Waals surface area (Å²) in [6, 6.07) is -1.20. The van der Waals surface area contributed by atoms with Crippen LogP contribution < -0.4 is 16.4 Å². The second-order valence-corrected chi connectivity index (χ2v) is 6.42. The molecule has 0 aliphatic carbocycles. The average Bonchev–Trinajstić information content (AvgIpc) is 2.60. The highest BCUT2D eigenvalue weighted by atomic mass is 35.5. The van der Waals surface area contributed by atoms with Crippen LogP contribution in [0.25, 0.3) is 0 Å². The number of amides is 2. The van der Waals surface area contributed by atoms with Crippen molar-refractivity contribution in [3.63, 3.8) is 0 Å². The third kappa shape index (κ3) is 4.55. The number of ether oxygens (including phenoxy) is 2. The van der Waals surface area contributed by atoms with E-state index in [2.05, 4.69) is 15.6 Å². The maximum absolute atomic E-state index is 12.3. The zero-order chi connectivity index (χ0) is 20.3. The Morgan fingerprint density at radius 3 is 2.48 bits per heavy atom. The molecule has 9 nitrogen and oxygen atoms in total. The fourth-order valence-electron chi connectivity index (χ4n) is 2.27. The number of carbonyl (C=O) groups is 3. The molecule has 1 aromatic heterocycles. The number of carbonyl (C=O) groups excluding carboxylic acids is 3. The number of pyridine rings is 1. The van der Waals surface area contributed by atoms with Gasteiger partial charge in [0.15, 0.2) is 10.8 Å². The lowest BCUT2D eigenvalue weighted by molar-refractivity contribution is -0.139. The van der Waals surface area contributed by atoms with Gasteiger partial charge >= 0.3 is 18.0 Å². The van der Waals surface area contributed by atoms with E-state index in [4.69, 9.17) is 50.0 Å². The number of nitrogens with one attached hydrogen (secondary N) is 2. The number of esters is 2. The second kappa shape index (κ2) is 8.64. The van der Waals surface area contributed by atoms with Crippen molar-refractivity contribution in [1.82, 2.24) is 15.6 Å². The van der Waals surface area contributed by atoms with Crippen molar-refractivity contribution in [2.45, 2.75) is 19.9 Å². The van der Waals surface area contributed by atoms with Gasteiger partial charge < -0.3 is 25.8 Å². The quantitative estimate of drug-likeness (QED) is 0.475. The number of nitrogen functional groups attached to an aromatic ring is 1. The highest BCUT2D eigenvalue weighted by Gasteiger charge is 2.31. The maximum Gasteiger partial charge on any atom is 0.359 e. The number of anilines is 1. The van der Waals surface area contributed by atoms with Gasteiger partial charge in [0.05, 0.1) is 34.6 Å². The SMILES string of the molecule is CCOC(=O)C1=C(COC(=O)c2nc(Cl)c(Cl)c(N)c2Cl)NC(=O)NC1C. The normalized spacial score (nSPS) is 16.5. The van der Waals surface area contributed by atoms with Gasteiger partial charge in [0.2, 0.25) is 0 Å². The van der Waals surface area contributed by atoms with Gasteiger partial charge in [-0.2, -0.15) is 0 Å². The number of rotatable bonds is 5. The molecule has 2 heterocycles. The molecule has 1 aliphatic rings. The smallest absolute Gasteiger partial charge is 0.359 e. The Morgan fingerprint density at radius 2 is 1.85 bits per heavy atom. The van der Waals surface area contributed by atoms with E-state index in [1.807, 2.05) is 0 Å². The Kier molecular flexibility index (Phi) is 6.74. The molecule has 0 radical (unpaired) electrons. The average molecular weight is 438 g/mol. The van der Waals surface area contributed by atoms with Crippen LogP contribution in [0.2, 0.25) is 15.2 Å². The van der Waals surface area contributed by atoms with Gasteiger partial charge in [-0.25, -0.2) is 19.4 Å². The van der Waals surface area contributed by atoms with Crippen molar-refractivity contribution in [1.29, 1.82) is 0 Å². The van der Waals surface area contributed by atoms with Crippen molar-refractivity contribution in [2.24, 2.45) is 0 Å². The Bertz CT molecular complexity index is 843. The molecule has 1 unspecified atom stereocenters. The highest BCUT2D eigenvalue weighted by molar-refractivity contribution is 6.46. The van der Waals surface area contributed by atoms with E-state index >= 15 is 0 Å². The van der Waals surface area contributed by atoms with Crippen molar-refractivity contribution < 1.29 is 23.9 Å². The van der Waals surface area contributed by atoms with Crippen LogP contribution in [0.15, 0.2) is 11.3 Å². The molecule has 2 rings (SSSR count). The molecule has 4 N–H and O–H groups in total. The first kappa shape index (κ1) is 21.1. The number of hydrogen-bond donors (Lipinski definition) is 3. The van der Waals surface area contributed by atoms with Gasteiger partial charge in [0.1, 0.15) is 11.6 Å². The third-order valence-electron chi connectivity index (χ3n) is 3.48. The second-order valence-electron chi connectivity index (χ2n) is 5.30. The van der Waals surface area contributed by atoms with Gasteiger partial charge in [-0.15, -0.1) is 0 Å². The number of halogens is 3. The molecule has 0 spiro atoms. The number of urea groups is 1. The van der Waals surface area contributed by atoms with Crippen LogP contribution in [0.5, 0.6) is 0 Å². The summed E-state index contributed by atoms with van der Waals surface area (Å²) < 4.78 is 10.1. The largest absolute Gasteiger partial charge is 0.463 e. The van der Waals surface area contributed by atoms with Crippen LogP contribution in [0.3, 0.4) is 0 Å². The van der Waals surface area contributed by atoms with Crippen molar-refractivity contribution in [2.75, 3.05) is 18.9 Å². The topological polar surface area (TPSA) is 133 Å². The van der Waals surface area contributed by atoms with Gasteiger partial charge in [0.25, 0.3) is 0 Å². The summed E-state index contributed by atoms with van der Waals surface area (Å²) >= 11 is 17.6. The fraction of sp³-hybridized carbons (Fsp3) is 0.333. The van der Waals surface area contributed by atoms with E-state index in [1.165, 1.54) is 0 Å². The minimum atomic E-state index is -0.971. The Hall–Kier alpha value is -2.23. The van der Waals surface area contributed by atoms with Crippen LogP contribution in [-0.2, 0) is 14.3 Å². The molecule has 0 fully saturated rings. The molecule has 1 aliphatic heterocycles. The molecule has 0 bridgehead atoms. The summed E-state index contributed by atoms with van der Waals surface area (Å²) in [5, 5.41) is 4.39. The van der Waals surface area contributed by atoms with Crippen LogP contribution in [0, 0.1) is 0 Å². The number of aromatic nitrogens is 1. The molecule has 0 saturated heterocycles. The minimum absolute atomic E-state index is 0.0715. The summed E-state index contributed by atoms with van der Waals surface area (Å²) in [4.78, 5) is 39.8. The summed E-state index contributed by atoms with van der Waals surface area (Å²) in [5.74, 6) is -1.63. The van der Waals surface area contributed by atoms with Gasteiger partial charge in [-0.1, -0.05) is 34.8 Å². The standard InChI is InChI=1S/C15H15Cl3N4O5/c1-3-26-13(23)7-5(2)20-15(25)21-6(7)4-27-14(24)11-8(16)10(19)9(17)12(18)22-11/h5H,3-4H2,1-2H3,(H2,19,22)(H2,20,21,25). The predicted octanol–water partition coefficient (Wildman–Crippen LogP) is 2.30. The molecule has 0 saturated carbocycles. The molecule has 0 aromatic carbocycles. The fourth-order valence-corrected chi connectivity index (χ4v) is 2.85. The van der Waals surface area contributed by atoms with Crippen LogP contribution in [0.4, 0.5) is 10.5 Å². The van der Waals surface area contributed by atoms with E-state index in [0.717, 1.165) is 0 Å². The lowest BCUT2D eigenvalue weighted by Crippen LogP contribution is -2.50. The molecule has 1 atom stereocenters. The zero-order valence-electron chi connectivity index (χ0n) is 14.2. The van der Waals surface area contributed by atoms with E-state index in [1.54, 1.807) is 13.8 Å².